The summed E-state index contributed by atoms with van der Waals surface area (Å²) in [4.78, 5) is 11.7. The number of carboxylic acids is 1. The van der Waals surface area contributed by atoms with Crippen LogP contribution in [0.15, 0.2) is 77.0 Å². The average molecular weight is 581 g/mol. The molecular formula is C30H20F5N3O4. The minimum atomic E-state index is -4.72. The summed E-state index contributed by atoms with van der Waals surface area (Å²) < 4.78 is 70.8. The van der Waals surface area contributed by atoms with Crippen LogP contribution < -0.4 is 0 Å². The van der Waals surface area contributed by atoms with E-state index in [1.807, 2.05) is 0 Å². The lowest BCUT2D eigenvalue weighted by Crippen LogP contribution is -2.05. The summed E-state index contributed by atoms with van der Waals surface area (Å²) in [7, 11) is 0. The van der Waals surface area contributed by atoms with Gasteiger partial charge in [0.05, 0.1) is 16.6 Å². The molecule has 3 N–H and O–H groups in total. The summed E-state index contributed by atoms with van der Waals surface area (Å²) in [5, 5.41) is 39.4. The highest BCUT2D eigenvalue weighted by Crippen LogP contribution is 2.45. The Morgan fingerprint density at radius 2 is 1.52 bits per heavy atom. The van der Waals surface area contributed by atoms with Gasteiger partial charge in [-0.1, -0.05) is 18.2 Å². The van der Waals surface area contributed by atoms with Crippen LogP contribution >= 0.6 is 0 Å². The molecule has 0 radical (unpaired) electrons. The number of carbonyl (C=O) groups is 1. The third kappa shape index (κ3) is 4.91. The standard InChI is InChI=1S/C30H20F5N3O4/c1-14-9-18(10-15(2)25(14)32)38-24-11-16(30(33,34)35)7-8-21(24)26(28(38)40)37-36-23-13-17(31)12-22(27(23)39)19-5-3-4-6-20(19)29(41)42/h3-13,39-40H,1-2H3,(H,41,42). The van der Waals surface area contributed by atoms with Crippen LogP contribution in [0.1, 0.15) is 27.0 Å². The van der Waals surface area contributed by atoms with Crippen LogP contribution in [0.4, 0.5) is 33.3 Å². The zero-order valence-electron chi connectivity index (χ0n) is 21.8. The van der Waals surface area contributed by atoms with Gasteiger partial charge in [0.2, 0.25) is 5.88 Å². The molecule has 42 heavy (non-hydrogen) atoms. The van der Waals surface area contributed by atoms with Gasteiger partial charge < -0.3 is 15.3 Å². The Hall–Kier alpha value is -5.26. The quantitative estimate of drug-likeness (QED) is 0.142. The minimum Gasteiger partial charge on any atom is -0.505 e. The number of aromatic nitrogens is 1. The zero-order chi connectivity index (χ0) is 30.5. The molecule has 7 nitrogen and oxygen atoms in total. The van der Waals surface area contributed by atoms with Crippen LogP contribution in [0.2, 0.25) is 0 Å². The van der Waals surface area contributed by atoms with E-state index < -0.39 is 46.7 Å². The second-order valence-corrected chi connectivity index (χ2v) is 9.50. The number of alkyl halides is 3. The second kappa shape index (κ2) is 10.3. The number of aryl methyl sites for hydroxylation is 2. The highest BCUT2D eigenvalue weighted by atomic mass is 19.4. The number of benzene rings is 4. The first-order chi connectivity index (χ1) is 19.8. The van der Waals surface area contributed by atoms with Gasteiger partial charge in [-0.3, -0.25) is 4.57 Å². The summed E-state index contributed by atoms with van der Waals surface area (Å²) in [6.45, 7) is 2.92. The number of carboxylic acid groups (broad SMARTS) is 1. The number of aromatic hydroxyl groups is 2. The van der Waals surface area contributed by atoms with Crippen LogP contribution in [0.5, 0.6) is 11.6 Å². The van der Waals surface area contributed by atoms with E-state index in [2.05, 4.69) is 10.2 Å². The van der Waals surface area contributed by atoms with Crippen molar-refractivity contribution in [1.82, 2.24) is 4.57 Å². The Balaban J connectivity index is 1.72. The molecule has 4 aromatic carbocycles. The fourth-order valence-electron chi connectivity index (χ4n) is 4.72. The first kappa shape index (κ1) is 28.3. The maximum atomic E-state index is 14.6. The third-order valence-corrected chi connectivity index (χ3v) is 6.68. The molecule has 0 unspecified atom stereocenters. The van der Waals surface area contributed by atoms with Gasteiger partial charge in [-0.2, -0.15) is 13.2 Å². The number of aromatic carboxylic acids is 1. The molecule has 1 aromatic heterocycles. The van der Waals surface area contributed by atoms with Crippen LogP contribution in [-0.4, -0.2) is 25.9 Å². The van der Waals surface area contributed by atoms with E-state index in [-0.39, 0.29) is 50.1 Å². The summed E-state index contributed by atoms with van der Waals surface area (Å²) in [5.41, 5.74) is -1.79. The predicted octanol–water partition coefficient (Wildman–Crippen LogP) is 8.74. The molecule has 0 aliphatic heterocycles. The largest absolute Gasteiger partial charge is 0.505 e. The van der Waals surface area contributed by atoms with E-state index in [4.69, 9.17) is 0 Å². The number of azo groups is 1. The molecule has 0 saturated carbocycles. The van der Waals surface area contributed by atoms with Gasteiger partial charge in [0.15, 0.2) is 11.4 Å². The van der Waals surface area contributed by atoms with Crippen LogP contribution in [0.3, 0.4) is 0 Å². The van der Waals surface area contributed by atoms with E-state index >= 15 is 0 Å². The molecule has 0 spiro atoms. The second-order valence-electron chi connectivity index (χ2n) is 9.50. The van der Waals surface area contributed by atoms with Crippen molar-refractivity contribution in [2.24, 2.45) is 10.2 Å². The molecule has 0 amide bonds. The van der Waals surface area contributed by atoms with Gasteiger partial charge in [-0.15, -0.1) is 10.2 Å². The molecule has 0 atom stereocenters. The molecule has 5 aromatic rings. The molecule has 12 heteroatoms. The Morgan fingerprint density at radius 3 is 2.17 bits per heavy atom. The number of hydrogen-bond acceptors (Lipinski definition) is 5. The van der Waals surface area contributed by atoms with Gasteiger partial charge in [0.25, 0.3) is 0 Å². The van der Waals surface area contributed by atoms with Gasteiger partial charge in [-0.05, 0) is 67.4 Å². The highest BCUT2D eigenvalue weighted by molar-refractivity contribution is 5.98. The Kier molecular flexibility index (Phi) is 6.93. The maximum absolute atomic E-state index is 14.6. The molecule has 5 rings (SSSR count). The Labute approximate surface area is 234 Å². The maximum Gasteiger partial charge on any atom is 0.416 e. The van der Waals surface area contributed by atoms with E-state index in [9.17, 15) is 42.1 Å². The summed E-state index contributed by atoms with van der Waals surface area (Å²) in [5.74, 6) is -4.00. The number of rotatable bonds is 5. The lowest BCUT2D eigenvalue weighted by Gasteiger charge is -2.12. The summed E-state index contributed by atoms with van der Waals surface area (Å²) in [6.07, 6.45) is -4.72. The Bertz CT molecular complexity index is 1910. The Morgan fingerprint density at radius 1 is 0.857 bits per heavy atom. The SMILES string of the molecule is Cc1cc(-n2c(O)c(N=Nc3cc(F)cc(-c4ccccc4C(=O)O)c3O)c3ccc(C(F)(F)F)cc32)cc(C)c1F. The number of hydrogen-bond donors (Lipinski definition) is 3. The van der Waals surface area contributed by atoms with E-state index in [0.29, 0.717) is 0 Å². The fourth-order valence-corrected chi connectivity index (χ4v) is 4.72. The fraction of sp³-hybridized carbons (Fsp3) is 0.100. The van der Waals surface area contributed by atoms with Gasteiger partial charge >= 0.3 is 12.1 Å². The number of halogens is 5. The summed E-state index contributed by atoms with van der Waals surface area (Å²) >= 11 is 0. The lowest BCUT2D eigenvalue weighted by atomic mass is 9.98. The topological polar surface area (TPSA) is 107 Å². The molecule has 0 fully saturated rings. The van der Waals surface area contributed by atoms with Gasteiger partial charge in [-0.25, -0.2) is 13.6 Å². The van der Waals surface area contributed by atoms with Crippen molar-refractivity contribution >= 4 is 28.2 Å². The molecule has 1 heterocycles. The monoisotopic (exact) mass is 581 g/mol. The van der Waals surface area contributed by atoms with Crippen molar-refractivity contribution in [1.29, 1.82) is 0 Å². The molecular weight excluding hydrogens is 561 g/mol. The minimum absolute atomic E-state index is 0.000343. The van der Waals surface area contributed by atoms with Crippen molar-refractivity contribution in [2.45, 2.75) is 20.0 Å². The van der Waals surface area contributed by atoms with Crippen LogP contribution in [0.25, 0.3) is 27.7 Å². The molecule has 0 aliphatic carbocycles. The highest BCUT2D eigenvalue weighted by Gasteiger charge is 2.32. The normalized spacial score (nSPS) is 12.0. The molecule has 0 saturated heterocycles. The van der Waals surface area contributed by atoms with Gasteiger partial charge in [0, 0.05) is 28.3 Å². The van der Waals surface area contributed by atoms with Crippen molar-refractivity contribution in [3.63, 3.8) is 0 Å². The van der Waals surface area contributed by atoms with Crippen LogP contribution in [-0.2, 0) is 6.18 Å². The zero-order valence-corrected chi connectivity index (χ0v) is 21.8. The van der Waals surface area contributed by atoms with E-state index in [0.717, 1.165) is 34.9 Å². The number of phenolic OH excluding ortho intramolecular Hbond substituents is 1. The van der Waals surface area contributed by atoms with Crippen molar-refractivity contribution in [3.8, 4) is 28.4 Å². The predicted molar refractivity (Wildman–Crippen MR) is 144 cm³/mol. The number of nitrogens with zero attached hydrogens (tertiary/aromatic N) is 3. The smallest absolute Gasteiger partial charge is 0.416 e. The average Bonchev–Trinajstić information content (AvgIpc) is 3.21. The molecule has 0 aliphatic rings. The van der Waals surface area contributed by atoms with E-state index in [1.54, 1.807) is 0 Å². The van der Waals surface area contributed by atoms with E-state index in [1.165, 1.54) is 50.2 Å². The first-order valence-electron chi connectivity index (χ1n) is 12.3. The molecule has 214 valence electrons. The molecule has 0 bridgehead atoms. The lowest BCUT2D eigenvalue weighted by molar-refractivity contribution is -0.137. The number of phenols is 1. The first-order valence-corrected chi connectivity index (χ1v) is 12.3. The number of fused-ring (bicyclic) bond motifs is 1. The summed E-state index contributed by atoms with van der Waals surface area (Å²) in [6, 6.07) is 12.6. The van der Waals surface area contributed by atoms with Gasteiger partial charge in [0.1, 0.15) is 17.3 Å². The van der Waals surface area contributed by atoms with Crippen molar-refractivity contribution in [3.05, 3.63) is 101 Å². The van der Waals surface area contributed by atoms with Crippen molar-refractivity contribution < 1.29 is 42.1 Å². The van der Waals surface area contributed by atoms with Crippen molar-refractivity contribution in [2.75, 3.05) is 0 Å². The van der Waals surface area contributed by atoms with Crippen LogP contribution in [0, 0.1) is 25.5 Å². The third-order valence-electron chi connectivity index (χ3n) is 6.68.